The van der Waals surface area contributed by atoms with Crippen LogP contribution in [-0.2, 0) is 6.61 Å². The van der Waals surface area contributed by atoms with Gasteiger partial charge < -0.3 is 15.5 Å². The van der Waals surface area contributed by atoms with E-state index in [1.807, 2.05) is 6.92 Å². The van der Waals surface area contributed by atoms with Crippen molar-refractivity contribution in [1.82, 2.24) is 15.2 Å². The van der Waals surface area contributed by atoms with Crippen LogP contribution in [0, 0.1) is 12.8 Å². The smallest absolute Gasteiger partial charge is 0.141 e. The highest BCUT2D eigenvalue weighted by Gasteiger charge is 2.39. The number of aliphatic hydroxyl groups is 1. The predicted octanol–water partition coefficient (Wildman–Crippen LogP) is 0.944. The lowest BCUT2D eigenvalue weighted by Crippen LogP contribution is -2.46. The van der Waals surface area contributed by atoms with Crippen molar-refractivity contribution >= 4 is 0 Å². The van der Waals surface area contributed by atoms with Gasteiger partial charge in [0.25, 0.3) is 0 Å². The van der Waals surface area contributed by atoms with Gasteiger partial charge in [0, 0.05) is 49.5 Å². The van der Waals surface area contributed by atoms with Crippen molar-refractivity contribution in [2.45, 2.75) is 32.4 Å². The van der Waals surface area contributed by atoms with Crippen LogP contribution in [0.3, 0.4) is 0 Å². The number of nitrogens with one attached hydrogen (secondary N) is 1. The fourth-order valence-corrected chi connectivity index (χ4v) is 3.20. The highest BCUT2D eigenvalue weighted by molar-refractivity contribution is 5.43. The standard InChI is InChI=1S/C15H23N3O2/c1-10-15(20)13(12(9-19)8-17-10)14(11-2-3-11)18-6-4-16-5-7-18/h8,11,14,16,19-20H,2-7,9H2,1H3/t14-/m0/s1. The summed E-state index contributed by atoms with van der Waals surface area (Å²) in [6.07, 6.45) is 4.13. The zero-order valence-corrected chi connectivity index (χ0v) is 12.0. The molecule has 0 aromatic carbocycles. The first kappa shape index (κ1) is 13.8. The van der Waals surface area contributed by atoms with Crippen molar-refractivity contribution in [2.75, 3.05) is 26.2 Å². The molecule has 0 unspecified atom stereocenters. The summed E-state index contributed by atoms with van der Waals surface area (Å²) in [5.41, 5.74) is 2.32. The van der Waals surface area contributed by atoms with Gasteiger partial charge >= 0.3 is 0 Å². The lowest BCUT2D eigenvalue weighted by Gasteiger charge is -2.36. The molecule has 20 heavy (non-hydrogen) atoms. The summed E-state index contributed by atoms with van der Waals surface area (Å²) in [6.45, 7) is 5.72. The van der Waals surface area contributed by atoms with Crippen LogP contribution in [-0.4, -0.2) is 46.3 Å². The number of piperazine rings is 1. The van der Waals surface area contributed by atoms with Crippen molar-refractivity contribution in [1.29, 1.82) is 0 Å². The Morgan fingerprint density at radius 2 is 2.10 bits per heavy atom. The molecule has 0 spiro atoms. The molecule has 2 heterocycles. The molecule has 2 fully saturated rings. The monoisotopic (exact) mass is 277 g/mol. The van der Waals surface area contributed by atoms with Crippen LogP contribution in [0.5, 0.6) is 5.75 Å². The number of hydrogen-bond acceptors (Lipinski definition) is 5. The SMILES string of the molecule is Cc1ncc(CO)c([C@H](C2CC2)N2CCNCC2)c1O. The summed E-state index contributed by atoms with van der Waals surface area (Å²) in [6, 6.07) is 0.223. The first-order valence-electron chi connectivity index (χ1n) is 7.45. The molecule has 1 atom stereocenters. The number of nitrogens with zero attached hydrogens (tertiary/aromatic N) is 2. The van der Waals surface area contributed by atoms with Crippen LogP contribution in [0.2, 0.25) is 0 Å². The topological polar surface area (TPSA) is 68.6 Å². The largest absolute Gasteiger partial charge is 0.506 e. The Hall–Kier alpha value is -1.17. The Labute approximate surface area is 119 Å². The first-order chi connectivity index (χ1) is 9.72. The van der Waals surface area contributed by atoms with Crippen molar-refractivity contribution < 1.29 is 10.2 Å². The third kappa shape index (κ3) is 2.53. The minimum absolute atomic E-state index is 0.0640. The van der Waals surface area contributed by atoms with Crippen LogP contribution in [0.1, 0.15) is 35.7 Å². The van der Waals surface area contributed by atoms with Gasteiger partial charge in [-0.25, -0.2) is 0 Å². The van der Waals surface area contributed by atoms with Gasteiger partial charge in [-0.3, -0.25) is 9.88 Å². The van der Waals surface area contributed by atoms with E-state index in [1.54, 1.807) is 6.20 Å². The molecular weight excluding hydrogens is 254 g/mol. The summed E-state index contributed by atoms with van der Waals surface area (Å²) in [7, 11) is 0. The number of aromatic hydroxyl groups is 1. The van der Waals surface area contributed by atoms with E-state index in [2.05, 4.69) is 15.2 Å². The molecule has 0 amide bonds. The van der Waals surface area contributed by atoms with Gasteiger partial charge in [-0.1, -0.05) is 0 Å². The van der Waals surface area contributed by atoms with Crippen molar-refractivity contribution in [3.8, 4) is 5.75 Å². The summed E-state index contributed by atoms with van der Waals surface area (Å²) in [5, 5.41) is 23.4. The average molecular weight is 277 g/mol. The Kier molecular flexibility index (Phi) is 3.92. The predicted molar refractivity (Wildman–Crippen MR) is 76.5 cm³/mol. The minimum atomic E-state index is -0.0640. The van der Waals surface area contributed by atoms with E-state index in [0.29, 0.717) is 11.6 Å². The highest BCUT2D eigenvalue weighted by Crippen LogP contribution is 2.48. The van der Waals surface area contributed by atoms with E-state index in [9.17, 15) is 10.2 Å². The third-order valence-corrected chi connectivity index (χ3v) is 4.44. The molecule has 1 aromatic heterocycles. The van der Waals surface area contributed by atoms with E-state index >= 15 is 0 Å². The Morgan fingerprint density at radius 3 is 2.70 bits per heavy atom. The summed E-state index contributed by atoms with van der Waals surface area (Å²) in [5.74, 6) is 0.873. The second kappa shape index (κ2) is 5.68. The van der Waals surface area contributed by atoms with Crippen LogP contribution in [0.15, 0.2) is 6.20 Å². The zero-order valence-electron chi connectivity index (χ0n) is 12.0. The number of aromatic nitrogens is 1. The van der Waals surface area contributed by atoms with Gasteiger partial charge in [0.15, 0.2) is 0 Å². The Bertz CT molecular complexity index is 482. The van der Waals surface area contributed by atoms with Gasteiger partial charge in [0.2, 0.25) is 0 Å². The fourth-order valence-electron chi connectivity index (χ4n) is 3.20. The number of rotatable bonds is 4. The van der Waals surface area contributed by atoms with Gasteiger partial charge in [-0.2, -0.15) is 0 Å². The van der Waals surface area contributed by atoms with Crippen molar-refractivity contribution in [3.05, 3.63) is 23.0 Å². The molecule has 1 aliphatic carbocycles. The molecule has 3 N–H and O–H groups in total. The van der Waals surface area contributed by atoms with Gasteiger partial charge in [-0.05, 0) is 25.7 Å². The van der Waals surface area contributed by atoms with Crippen LogP contribution < -0.4 is 5.32 Å². The van der Waals surface area contributed by atoms with E-state index in [0.717, 1.165) is 37.3 Å². The van der Waals surface area contributed by atoms with Gasteiger partial charge in [-0.15, -0.1) is 0 Å². The molecular formula is C15H23N3O2. The minimum Gasteiger partial charge on any atom is -0.506 e. The molecule has 110 valence electrons. The molecule has 2 aliphatic rings. The average Bonchev–Trinajstić information content (AvgIpc) is 3.30. The van der Waals surface area contributed by atoms with E-state index in [-0.39, 0.29) is 18.4 Å². The Balaban J connectivity index is 2.00. The van der Waals surface area contributed by atoms with E-state index in [1.165, 1.54) is 12.8 Å². The molecule has 1 aliphatic heterocycles. The Morgan fingerprint density at radius 1 is 1.40 bits per heavy atom. The molecule has 1 saturated carbocycles. The number of pyridine rings is 1. The van der Waals surface area contributed by atoms with Crippen LogP contribution >= 0.6 is 0 Å². The lowest BCUT2D eigenvalue weighted by molar-refractivity contribution is 0.150. The second-order valence-electron chi connectivity index (χ2n) is 5.86. The molecule has 3 rings (SSSR count). The van der Waals surface area contributed by atoms with Gasteiger partial charge in [0.05, 0.1) is 12.3 Å². The van der Waals surface area contributed by atoms with Crippen molar-refractivity contribution in [2.24, 2.45) is 5.92 Å². The number of aliphatic hydroxyl groups excluding tert-OH is 1. The second-order valence-corrected chi connectivity index (χ2v) is 5.86. The molecule has 1 aromatic rings. The third-order valence-electron chi connectivity index (χ3n) is 4.44. The summed E-state index contributed by atoms with van der Waals surface area (Å²) in [4.78, 5) is 6.62. The highest BCUT2D eigenvalue weighted by atomic mass is 16.3. The molecule has 5 nitrogen and oxygen atoms in total. The maximum absolute atomic E-state index is 10.5. The quantitative estimate of drug-likeness (QED) is 0.764. The van der Waals surface area contributed by atoms with E-state index in [4.69, 9.17) is 0 Å². The van der Waals surface area contributed by atoms with Gasteiger partial charge in [0.1, 0.15) is 5.75 Å². The van der Waals surface area contributed by atoms with Crippen molar-refractivity contribution in [3.63, 3.8) is 0 Å². The fraction of sp³-hybridized carbons (Fsp3) is 0.667. The maximum atomic E-state index is 10.5. The molecule has 0 radical (unpaired) electrons. The van der Waals surface area contributed by atoms with Crippen LogP contribution in [0.4, 0.5) is 0 Å². The summed E-state index contributed by atoms with van der Waals surface area (Å²) >= 11 is 0. The summed E-state index contributed by atoms with van der Waals surface area (Å²) < 4.78 is 0. The van der Waals surface area contributed by atoms with Crippen LogP contribution in [0.25, 0.3) is 0 Å². The number of hydrogen-bond donors (Lipinski definition) is 3. The number of aryl methyl sites for hydroxylation is 1. The molecule has 1 saturated heterocycles. The molecule has 5 heteroatoms. The van der Waals surface area contributed by atoms with E-state index < -0.39 is 0 Å². The maximum Gasteiger partial charge on any atom is 0.141 e. The lowest BCUT2D eigenvalue weighted by atomic mass is 9.94. The first-order valence-corrected chi connectivity index (χ1v) is 7.45. The normalized spacial score (nSPS) is 21.9. The molecule has 0 bridgehead atoms. The zero-order chi connectivity index (χ0) is 14.1.